The number of nitrogens with two attached hydrogens (primary N) is 1. The summed E-state index contributed by atoms with van der Waals surface area (Å²) in [5, 5.41) is 7.17. The third-order valence-electron chi connectivity index (χ3n) is 1.69. The van der Waals surface area contributed by atoms with E-state index in [2.05, 4.69) is 16.0 Å². The van der Waals surface area contributed by atoms with Crippen molar-refractivity contribution in [3.8, 4) is 0 Å². The molecule has 4 nitrogen and oxygen atoms in total. The lowest BCUT2D eigenvalue weighted by molar-refractivity contribution is 0.280. The Bertz CT molecular complexity index is 143. The normalized spacial score (nSPS) is 20.3. The molecule has 0 saturated carbocycles. The Morgan fingerprint density at radius 2 is 1.91 bits per heavy atom. The number of nitrogens with one attached hydrogen (secondary N) is 1. The Kier molecular flexibility index (Phi) is 3.35. The minimum Gasteiger partial charge on any atom is -0.370 e. The second kappa shape index (κ2) is 4.08. The molecular weight excluding hydrogens is 180 g/mol. The van der Waals surface area contributed by atoms with Crippen LogP contribution in [0.2, 0.25) is 0 Å². The van der Waals surface area contributed by atoms with Gasteiger partial charge in [-0.3, -0.25) is 5.41 Å². The molecule has 0 aromatic heterocycles. The maximum atomic E-state index is 7.17. The monoisotopic (exact) mass is 192 g/mol. The Morgan fingerprint density at radius 1 is 1.36 bits per heavy atom. The Morgan fingerprint density at radius 3 is 2.27 bits per heavy atom. The fourth-order valence-electron chi connectivity index (χ4n) is 1.01. The molecule has 0 unspecified atom stereocenters. The van der Waals surface area contributed by atoms with Crippen molar-refractivity contribution in [2.45, 2.75) is 0 Å². The van der Waals surface area contributed by atoms with Gasteiger partial charge < -0.3 is 10.6 Å². The van der Waals surface area contributed by atoms with Crippen LogP contribution in [-0.2, 0) is 0 Å². The molecule has 0 aromatic rings. The quantitative estimate of drug-likeness (QED) is 0.180. The van der Waals surface area contributed by atoms with Crippen molar-refractivity contribution < 1.29 is 0 Å². The number of nitrogens with zero attached hydrogens (tertiary/aromatic N) is 2. The zero-order chi connectivity index (χ0) is 8.27. The number of hydrogen-bond acceptors (Lipinski definition) is 4. The van der Waals surface area contributed by atoms with Gasteiger partial charge in [-0.05, 0) is 11.0 Å². The van der Waals surface area contributed by atoms with Crippen molar-refractivity contribution in [2.75, 3.05) is 26.2 Å². The Balaban J connectivity index is 2.30. The molecule has 0 atom stereocenters. The van der Waals surface area contributed by atoms with Crippen molar-refractivity contribution in [2.24, 2.45) is 5.73 Å². The molecule has 0 aromatic carbocycles. The smallest absolute Gasteiger partial charge is 0.188 e. The summed E-state index contributed by atoms with van der Waals surface area (Å²) in [4.78, 5) is 1.86. The fraction of sp³-hybridized carbons (Fsp3) is 0.800. The standard InChI is InChI=1S/C5H12N4S2/c6-5(7)8-1-3-9(11-10)4-2-8/h10H,1-4H2,(H3,6,7). The van der Waals surface area contributed by atoms with E-state index in [0.29, 0.717) is 0 Å². The number of thiol groups is 1. The van der Waals surface area contributed by atoms with E-state index in [4.69, 9.17) is 11.1 Å². The van der Waals surface area contributed by atoms with Crippen LogP contribution in [0.15, 0.2) is 0 Å². The lowest BCUT2D eigenvalue weighted by Gasteiger charge is -2.32. The molecule has 0 spiro atoms. The number of rotatable bonds is 1. The molecule has 64 valence electrons. The van der Waals surface area contributed by atoms with E-state index in [1.54, 1.807) is 0 Å². The van der Waals surface area contributed by atoms with Gasteiger partial charge in [-0.2, -0.15) is 0 Å². The summed E-state index contributed by atoms with van der Waals surface area (Å²) in [6, 6.07) is 0. The third kappa shape index (κ3) is 2.46. The van der Waals surface area contributed by atoms with Crippen LogP contribution in [0.4, 0.5) is 0 Å². The Labute approximate surface area is 75.6 Å². The largest absolute Gasteiger partial charge is 0.370 e. The average Bonchev–Trinajstić information content (AvgIpc) is 2.05. The molecule has 1 aliphatic heterocycles. The van der Waals surface area contributed by atoms with Gasteiger partial charge in [0.1, 0.15) is 0 Å². The van der Waals surface area contributed by atoms with Crippen molar-refractivity contribution in [3.63, 3.8) is 0 Å². The highest BCUT2D eigenvalue weighted by Crippen LogP contribution is 2.15. The number of hydrogen-bond donors (Lipinski definition) is 3. The van der Waals surface area contributed by atoms with Crippen LogP contribution in [0.5, 0.6) is 0 Å². The van der Waals surface area contributed by atoms with E-state index in [-0.39, 0.29) is 5.96 Å². The van der Waals surface area contributed by atoms with Crippen molar-refractivity contribution in [3.05, 3.63) is 0 Å². The molecule has 0 bridgehead atoms. The molecule has 3 N–H and O–H groups in total. The molecule has 1 heterocycles. The summed E-state index contributed by atoms with van der Waals surface area (Å²) in [5.41, 5.74) is 5.32. The second-order valence-corrected chi connectivity index (χ2v) is 3.55. The van der Waals surface area contributed by atoms with Gasteiger partial charge in [0.2, 0.25) is 0 Å². The van der Waals surface area contributed by atoms with Crippen LogP contribution in [-0.4, -0.2) is 41.3 Å². The average molecular weight is 192 g/mol. The molecule has 0 radical (unpaired) electrons. The summed E-state index contributed by atoms with van der Waals surface area (Å²) >= 11 is 4.08. The Hall–Kier alpha value is -0.0700. The van der Waals surface area contributed by atoms with Crippen molar-refractivity contribution in [1.82, 2.24) is 9.21 Å². The lowest BCUT2D eigenvalue weighted by Crippen LogP contribution is -2.48. The minimum atomic E-state index is 0.175. The van der Waals surface area contributed by atoms with Gasteiger partial charge in [0, 0.05) is 26.2 Å². The van der Waals surface area contributed by atoms with Crippen LogP contribution in [0, 0.1) is 5.41 Å². The second-order valence-electron chi connectivity index (χ2n) is 2.38. The van der Waals surface area contributed by atoms with Crippen LogP contribution in [0.3, 0.4) is 0 Å². The van der Waals surface area contributed by atoms with Crippen LogP contribution < -0.4 is 5.73 Å². The highest BCUT2D eigenvalue weighted by molar-refractivity contribution is 8.67. The van der Waals surface area contributed by atoms with Gasteiger partial charge in [0.15, 0.2) is 5.96 Å². The number of piperazine rings is 1. The lowest BCUT2D eigenvalue weighted by atomic mass is 10.4. The first-order chi connectivity index (χ1) is 5.24. The molecule has 1 rings (SSSR count). The molecule has 0 aliphatic carbocycles. The first-order valence-corrected chi connectivity index (χ1v) is 5.22. The van der Waals surface area contributed by atoms with Crippen molar-refractivity contribution in [1.29, 1.82) is 5.41 Å². The maximum Gasteiger partial charge on any atom is 0.188 e. The molecule has 0 amide bonds. The zero-order valence-electron chi connectivity index (χ0n) is 6.16. The molecule has 1 saturated heterocycles. The van der Waals surface area contributed by atoms with E-state index in [1.165, 1.54) is 11.0 Å². The van der Waals surface area contributed by atoms with E-state index in [9.17, 15) is 0 Å². The van der Waals surface area contributed by atoms with Crippen LogP contribution in [0.25, 0.3) is 0 Å². The van der Waals surface area contributed by atoms with E-state index < -0.39 is 0 Å². The van der Waals surface area contributed by atoms with Gasteiger partial charge in [-0.1, -0.05) is 11.7 Å². The molecule has 1 aliphatic rings. The molecule has 11 heavy (non-hydrogen) atoms. The van der Waals surface area contributed by atoms with E-state index in [1.807, 2.05) is 4.90 Å². The molecule has 1 fully saturated rings. The van der Waals surface area contributed by atoms with Crippen LogP contribution in [0.1, 0.15) is 0 Å². The molecular formula is C5H12N4S2. The van der Waals surface area contributed by atoms with E-state index in [0.717, 1.165) is 26.2 Å². The zero-order valence-corrected chi connectivity index (χ0v) is 7.87. The van der Waals surface area contributed by atoms with Gasteiger partial charge in [-0.15, -0.1) is 0 Å². The summed E-state index contributed by atoms with van der Waals surface area (Å²) in [6.45, 7) is 3.52. The van der Waals surface area contributed by atoms with Crippen LogP contribution >= 0.6 is 22.6 Å². The topological polar surface area (TPSA) is 56.4 Å². The van der Waals surface area contributed by atoms with Gasteiger partial charge in [0.05, 0.1) is 0 Å². The first kappa shape index (κ1) is 9.02. The SMILES string of the molecule is N=C(N)N1CCN(SS)CC1. The highest BCUT2D eigenvalue weighted by Gasteiger charge is 2.16. The maximum absolute atomic E-state index is 7.17. The third-order valence-corrected chi connectivity index (χ3v) is 2.98. The number of guanidine groups is 1. The molecule has 6 heteroatoms. The van der Waals surface area contributed by atoms with Gasteiger partial charge in [-0.25, -0.2) is 4.31 Å². The predicted molar refractivity (Wildman–Crippen MR) is 51.6 cm³/mol. The van der Waals surface area contributed by atoms with Gasteiger partial charge in [0.25, 0.3) is 0 Å². The summed E-state index contributed by atoms with van der Waals surface area (Å²) < 4.78 is 2.14. The van der Waals surface area contributed by atoms with Gasteiger partial charge >= 0.3 is 0 Å². The highest BCUT2D eigenvalue weighted by atomic mass is 33.1. The van der Waals surface area contributed by atoms with Crippen molar-refractivity contribution >= 4 is 28.6 Å². The summed E-state index contributed by atoms with van der Waals surface area (Å²) in [7, 11) is 1.45. The summed E-state index contributed by atoms with van der Waals surface area (Å²) in [6.07, 6.45) is 0. The first-order valence-electron chi connectivity index (χ1n) is 3.39. The fourth-order valence-corrected chi connectivity index (χ4v) is 1.83. The predicted octanol–water partition coefficient (Wildman–Crippen LogP) is -0.00953. The summed E-state index contributed by atoms with van der Waals surface area (Å²) in [5.74, 6) is 0.175. The minimum absolute atomic E-state index is 0.175. The van der Waals surface area contributed by atoms with E-state index >= 15 is 0 Å².